The predicted octanol–water partition coefficient (Wildman–Crippen LogP) is 2.82. The fourth-order valence-corrected chi connectivity index (χ4v) is 3.98. The van der Waals surface area contributed by atoms with Gasteiger partial charge in [0.15, 0.2) is 0 Å². The Morgan fingerprint density at radius 3 is 2.66 bits per heavy atom. The molecule has 0 saturated carbocycles. The minimum Gasteiger partial charge on any atom is -0.496 e. The molecule has 0 N–H and O–H groups in total. The van der Waals surface area contributed by atoms with Gasteiger partial charge in [0, 0.05) is 75.6 Å². The third kappa shape index (κ3) is 4.59. The highest BCUT2D eigenvalue weighted by Gasteiger charge is 2.21. The molecular formula is C23H28N4O2. The number of nitrogens with zero attached hydrogens (tertiary/aromatic N) is 4. The summed E-state index contributed by atoms with van der Waals surface area (Å²) in [6, 6.07) is 14.1. The van der Waals surface area contributed by atoms with Gasteiger partial charge in [-0.05, 0) is 30.3 Å². The zero-order chi connectivity index (χ0) is 20.1. The van der Waals surface area contributed by atoms with E-state index in [2.05, 4.69) is 32.7 Å². The van der Waals surface area contributed by atoms with Crippen LogP contribution in [0.3, 0.4) is 0 Å². The number of fused-ring (bicyclic) bond motifs is 1. The van der Waals surface area contributed by atoms with E-state index in [0.29, 0.717) is 13.0 Å². The molecule has 1 amide bonds. The molecule has 0 aliphatic carbocycles. The van der Waals surface area contributed by atoms with Crippen molar-refractivity contribution in [2.45, 2.75) is 19.4 Å². The fraction of sp³-hybridized carbons (Fsp3) is 0.391. The molecule has 4 rings (SSSR count). The summed E-state index contributed by atoms with van der Waals surface area (Å²) in [6.45, 7) is 5.17. The molecule has 152 valence electrons. The van der Waals surface area contributed by atoms with Gasteiger partial charge in [-0.3, -0.25) is 14.7 Å². The number of rotatable bonds is 7. The van der Waals surface area contributed by atoms with Crippen LogP contribution < -0.4 is 4.74 Å². The largest absolute Gasteiger partial charge is 0.496 e. The van der Waals surface area contributed by atoms with Crippen LogP contribution in [0.25, 0.3) is 10.9 Å². The highest BCUT2D eigenvalue weighted by molar-refractivity contribution is 5.86. The molecule has 1 aromatic carbocycles. The first-order chi connectivity index (χ1) is 14.2. The van der Waals surface area contributed by atoms with Gasteiger partial charge in [-0.15, -0.1) is 0 Å². The Morgan fingerprint density at radius 1 is 1.03 bits per heavy atom. The number of hydrogen-bond acceptors (Lipinski definition) is 4. The summed E-state index contributed by atoms with van der Waals surface area (Å²) in [4.78, 5) is 21.5. The molecule has 0 spiro atoms. The minimum atomic E-state index is 0.235. The number of carbonyl (C=O) groups excluding carboxylic acids is 1. The first kappa shape index (κ1) is 19.5. The Balaban J connectivity index is 1.25. The quantitative estimate of drug-likeness (QED) is 0.620. The predicted molar refractivity (Wildman–Crippen MR) is 114 cm³/mol. The standard InChI is InChI=1S/C23H28N4O2/c1-29-22-7-4-6-21-20(22)9-13-26(21)14-10-23(28)27-17-15-25(16-18-27)12-8-19-5-2-3-11-24-19/h2-7,9,11,13H,8,10,12,14-18H2,1H3. The second-order valence-corrected chi connectivity index (χ2v) is 7.45. The van der Waals surface area contributed by atoms with Gasteiger partial charge in [0.1, 0.15) is 5.75 Å². The monoisotopic (exact) mass is 392 g/mol. The van der Waals surface area contributed by atoms with E-state index < -0.39 is 0 Å². The van der Waals surface area contributed by atoms with Crippen molar-refractivity contribution in [3.05, 3.63) is 60.6 Å². The van der Waals surface area contributed by atoms with Gasteiger partial charge in [-0.2, -0.15) is 0 Å². The summed E-state index contributed by atoms with van der Waals surface area (Å²) < 4.78 is 7.56. The Hall–Kier alpha value is -2.86. The molecule has 1 aliphatic heterocycles. The summed E-state index contributed by atoms with van der Waals surface area (Å²) in [6.07, 6.45) is 5.36. The highest BCUT2D eigenvalue weighted by Crippen LogP contribution is 2.26. The lowest BCUT2D eigenvalue weighted by Gasteiger charge is -2.34. The number of benzene rings is 1. The molecule has 1 aliphatic rings. The number of hydrogen-bond donors (Lipinski definition) is 0. The molecule has 1 saturated heterocycles. The molecule has 0 atom stereocenters. The van der Waals surface area contributed by atoms with Crippen molar-refractivity contribution in [2.75, 3.05) is 39.8 Å². The molecule has 3 aromatic rings. The van der Waals surface area contributed by atoms with Gasteiger partial charge >= 0.3 is 0 Å². The number of methoxy groups -OCH3 is 1. The van der Waals surface area contributed by atoms with Gasteiger partial charge in [0.25, 0.3) is 0 Å². The minimum absolute atomic E-state index is 0.235. The zero-order valence-electron chi connectivity index (χ0n) is 17.0. The van der Waals surface area contributed by atoms with Crippen LogP contribution in [-0.2, 0) is 17.8 Å². The first-order valence-corrected chi connectivity index (χ1v) is 10.3. The van der Waals surface area contributed by atoms with E-state index in [1.807, 2.05) is 41.6 Å². The molecule has 2 aromatic heterocycles. The lowest BCUT2D eigenvalue weighted by Crippen LogP contribution is -2.49. The molecule has 0 unspecified atom stereocenters. The van der Waals surface area contributed by atoms with Crippen molar-refractivity contribution in [3.63, 3.8) is 0 Å². The molecule has 6 heteroatoms. The average molecular weight is 393 g/mol. The molecule has 1 fully saturated rings. The lowest BCUT2D eigenvalue weighted by atomic mass is 10.2. The third-order valence-corrected chi connectivity index (χ3v) is 5.70. The van der Waals surface area contributed by atoms with Gasteiger partial charge in [0.2, 0.25) is 5.91 Å². The number of piperazine rings is 1. The molecule has 3 heterocycles. The summed E-state index contributed by atoms with van der Waals surface area (Å²) in [5.74, 6) is 1.11. The topological polar surface area (TPSA) is 50.6 Å². The van der Waals surface area contributed by atoms with Crippen LogP contribution >= 0.6 is 0 Å². The van der Waals surface area contributed by atoms with Crippen molar-refractivity contribution in [1.82, 2.24) is 19.4 Å². The van der Waals surface area contributed by atoms with Crippen LogP contribution in [0.4, 0.5) is 0 Å². The molecular weight excluding hydrogens is 364 g/mol. The molecule has 29 heavy (non-hydrogen) atoms. The molecule has 6 nitrogen and oxygen atoms in total. The normalized spacial score (nSPS) is 15.0. The number of aryl methyl sites for hydroxylation is 1. The average Bonchev–Trinajstić information content (AvgIpc) is 3.20. The smallest absolute Gasteiger partial charge is 0.224 e. The Kier molecular flexibility index (Phi) is 6.10. The van der Waals surface area contributed by atoms with Crippen molar-refractivity contribution in [1.29, 1.82) is 0 Å². The van der Waals surface area contributed by atoms with Crippen LogP contribution in [0.1, 0.15) is 12.1 Å². The van der Waals surface area contributed by atoms with E-state index >= 15 is 0 Å². The summed E-state index contributed by atoms with van der Waals surface area (Å²) in [7, 11) is 1.69. The van der Waals surface area contributed by atoms with E-state index in [4.69, 9.17) is 4.74 Å². The number of pyridine rings is 1. The lowest BCUT2D eigenvalue weighted by molar-refractivity contribution is -0.133. The van der Waals surface area contributed by atoms with Gasteiger partial charge in [-0.25, -0.2) is 0 Å². The van der Waals surface area contributed by atoms with Gasteiger partial charge < -0.3 is 14.2 Å². The Bertz CT molecular complexity index is 946. The van der Waals surface area contributed by atoms with Gasteiger partial charge in [0.05, 0.1) is 12.6 Å². The summed E-state index contributed by atoms with van der Waals surface area (Å²) >= 11 is 0. The Labute approximate surface area is 171 Å². The van der Waals surface area contributed by atoms with Crippen molar-refractivity contribution < 1.29 is 9.53 Å². The first-order valence-electron chi connectivity index (χ1n) is 10.3. The number of ether oxygens (including phenoxy) is 1. The van der Waals surface area contributed by atoms with Gasteiger partial charge in [-0.1, -0.05) is 12.1 Å². The van der Waals surface area contributed by atoms with Crippen LogP contribution in [0.5, 0.6) is 5.75 Å². The number of amides is 1. The summed E-state index contributed by atoms with van der Waals surface area (Å²) in [5, 5.41) is 1.09. The number of carbonyl (C=O) groups is 1. The van der Waals surface area contributed by atoms with Crippen molar-refractivity contribution in [2.24, 2.45) is 0 Å². The Morgan fingerprint density at radius 2 is 1.90 bits per heavy atom. The van der Waals surface area contributed by atoms with Crippen LogP contribution in [0.2, 0.25) is 0 Å². The van der Waals surface area contributed by atoms with Crippen LogP contribution in [0, 0.1) is 0 Å². The maximum absolute atomic E-state index is 12.7. The van der Waals surface area contributed by atoms with Crippen LogP contribution in [0.15, 0.2) is 54.9 Å². The molecule has 0 bridgehead atoms. The van der Waals surface area contributed by atoms with Crippen LogP contribution in [-0.4, -0.2) is 65.1 Å². The maximum atomic E-state index is 12.7. The van der Waals surface area contributed by atoms with E-state index in [1.165, 1.54) is 0 Å². The highest BCUT2D eigenvalue weighted by atomic mass is 16.5. The summed E-state index contributed by atoms with van der Waals surface area (Å²) in [5.41, 5.74) is 2.23. The van der Waals surface area contributed by atoms with E-state index in [-0.39, 0.29) is 5.91 Å². The maximum Gasteiger partial charge on any atom is 0.224 e. The molecule has 0 radical (unpaired) electrons. The second kappa shape index (κ2) is 9.09. The van der Waals surface area contributed by atoms with E-state index in [1.54, 1.807) is 7.11 Å². The van der Waals surface area contributed by atoms with E-state index in [0.717, 1.165) is 61.5 Å². The zero-order valence-corrected chi connectivity index (χ0v) is 17.0. The van der Waals surface area contributed by atoms with E-state index in [9.17, 15) is 4.79 Å². The number of aromatic nitrogens is 2. The van der Waals surface area contributed by atoms with Crippen molar-refractivity contribution in [3.8, 4) is 5.75 Å². The second-order valence-electron chi connectivity index (χ2n) is 7.45. The third-order valence-electron chi connectivity index (χ3n) is 5.70. The van der Waals surface area contributed by atoms with Crippen molar-refractivity contribution >= 4 is 16.8 Å². The SMILES string of the molecule is COc1cccc2c1ccn2CCC(=O)N1CCN(CCc2ccccn2)CC1. The fourth-order valence-electron chi connectivity index (χ4n) is 3.98.